The lowest BCUT2D eigenvalue weighted by molar-refractivity contribution is 0.296. The second kappa shape index (κ2) is 8.19. The van der Waals surface area contributed by atoms with E-state index in [-0.39, 0.29) is 17.9 Å². The Morgan fingerprint density at radius 3 is 2.68 bits per heavy atom. The van der Waals surface area contributed by atoms with Gasteiger partial charge in [-0.05, 0) is 12.2 Å². The predicted octanol–water partition coefficient (Wildman–Crippen LogP) is -0.711. The molecule has 0 atom stereocenters. The zero-order valence-electron chi connectivity index (χ0n) is 11.4. The molecule has 1 rings (SSSR count). The van der Waals surface area contributed by atoms with Crippen LogP contribution in [0.4, 0.5) is 0 Å². The summed E-state index contributed by atoms with van der Waals surface area (Å²) in [6.45, 7) is 1.54. The molecule has 0 radical (unpaired) electrons. The Kier molecular flexibility index (Phi) is 6.90. The lowest BCUT2D eigenvalue weighted by Crippen LogP contribution is -2.39. The van der Waals surface area contributed by atoms with E-state index in [2.05, 4.69) is 5.32 Å². The first kappa shape index (κ1) is 16.0. The van der Waals surface area contributed by atoms with Crippen LogP contribution in [0.15, 0.2) is 15.7 Å². The molecular formula is C12H21N3O3S. The SMILES string of the molecule is Cn1c(CNCCSCCCO)cc(=O)n(C)c1=O. The van der Waals surface area contributed by atoms with Crippen LogP contribution in [0, 0.1) is 0 Å². The van der Waals surface area contributed by atoms with Gasteiger partial charge in [0.15, 0.2) is 0 Å². The molecule has 0 spiro atoms. The third kappa shape index (κ3) is 4.85. The molecule has 0 bridgehead atoms. The van der Waals surface area contributed by atoms with Crippen LogP contribution in [0.3, 0.4) is 0 Å². The number of rotatable bonds is 8. The Morgan fingerprint density at radius 2 is 2.00 bits per heavy atom. The fourth-order valence-corrected chi connectivity index (χ4v) is 2.40. The molecule has 1 aromatic heterocycles. The van der Waals surface area contributed by atoms with Crippen molar-refractivity contribution in [3.05, 3.63) is 32.6 Å². The number of hydrogen-bond donors (Lipinski definition) is 2. The van der Waals surface area contributed by atoms with Gasteiger partial charge in [0.05, 0.1) is 0 Å². The highest BCUT2D eigenvalue weighted by molar-refractivity contribution is 7.99. The minimum Gasteiger partial charge on any atom is -0.396 e. The molecule has 1 heterocycles. The van der Waals surface area contributed by atoms with Crippen molar-refractivity contribution in [1.82, 2.24) is 14.5 Å². The maximum atomic E-state index is 11.7. The average Bonchev–Trinajstić information content (AvgIpc) is 2.41. The minimum atomic E-state index is -0.304. The van der Waals surface area contributed by atoms with Crippen molar-refractivity contribution in [2.45, 2.75) is 13.0 Å². The molecule has 0 amide bonds. The molecule has 0 aliphatic rings. The van der Waals surface area contributed by atoms with Gasteiger partial charge in [-0.25, -0.2) is 4.79 Å². The molecule has 7 heteroatoms. The number of nitrogens with zero attached hydrogens (tertiary/aromatic N) is 2. The number of hydrogen-bond acceptors (Lipinski definition) is 5. The van der Waals surface area contributed by atoms with E-state index < -0.39 is 0 Å². The number of nitrogens with one attached hydrogen (secondary N) is 1. The van der Waals surface area contributed by atoms with Gasteiger partial charge >= 0.3 is 5.69 Å². The molecule has 0 unspecified atom stereocenters. The second-order valence-corrected chi connectivity index (χ2v) is 5.47. The van der Waals surface area contributed by atoms with Gasteiger partial charge in [-0.1, -0.05) is 0 Å². The Labute approximate surface area is 116 Å². The molecule has 19 heavy (non-hydrogen) atoms. The average molecular weight is 287 g/mol. The predicted molar refractivity (Wildman–Crippen MR) is 77.7 cm³/mol. The molecule has 0 saturated heterocycles. The molecule has 6 nitrogen and oxygen atoms in total. The number of aliphatic hydroxyl groups excluding tert-OH is 1. The van der Waals surface area contributed by atoms with Gasteiger partial charge in [-0.2, -0.15) is 11.8 Å². The van der Waals surface area contributed by atoms with E-state index in [9.17, 15) is 9.59 Å². The van der Waals surface area contributed by atoms with Crippen molar-refractivity contribution in [3.63, 3.8) is 0 Å². The van der Waals surface area contributed by atoms with E-state index in [0.717, 1.165) is 29.0 Å². The highest BCUT2D eigenvalue weighted by atomic mass is 32.2. The summed E-state index contributed by atoms with van der Waals surface area (Å²) < 4.78 is 2.57. The van der Waals surface area contributed by atoms with Crippen LogP contribution in [0.5, 0.6) is 0 Å². The molecular weight excluding hydrogens is 266 g/mol. The van der Waals surface area contributed by atoms with Crippen molar-refractivity contribution in [3.8, 4) is 0 Å². The maximum Gasteiger partial charge on any atom is 0.330 e. The number of thioether (sulfide) groups is 1. The van der Waals surface area contributed by atoms with Crippen molar-refractivity contribution >= 4 is 11.8 Å². The van der Waals surface area contributed by atoms with E-state index in [1.54, 1.807) is 18.8 Å². The molecule has 0 saturated carbocycles. The van der Waals surface area contributed by atoms with Crippen molar-refractivity contribution in [1.29, 1.82) is 0 Å². The lowest BCUT2D eigenvalue weighted by Gasteiger charge is -2.10. The molecule has 0 fully saturated rings. The van der Waals surface area contributed by atoms with Gasteiger partial charge in [-0.3, -0.25) is 13.9 Å². The number of aliphatic hydroxyl groups is 1. The fraction of sp³-hybridized carbons (Fsp3) is 0.667. The normalized spacial score (nSPS) is 10.9. The summed E-state index contributed by atoms with van der Waals surface area (Å²) in [4.78, 5) is 23.2. The van der Waals surface area contributed by atoms with Crippen LogP contribution >= 0.6 is 11.8 Å². The van der Waals surface area contributed by atoms with Gasteiger partial charge in [-0.15, -0.1) is 0 Å². The molecule has 0 aliphatic heterocycles. The summed E-state index contributed by atoms with van der Waals surface area (Å²) in [6, 6.07) is 1.48. The summed E-state index contributed by atoms with van der Waals surface area (Å²) >= 11 is 1.77. The minimum absolute atomic E-state index is 0.232. The Hall–Kier alpha value is -1.05. The summed E-state index contributed by atoms with van der Waals surface area (Å²) in [5, 5.41) is 11.8. The van der Waals surface area contributed by atoms with Crippen molar-refractivity contribution in [2.24, 2.45) is 14.1 Å². The van der Waals surface area contributed by atoms with E-state index >= 15 is 0 Å². The zero-order valence-corrected chi connectivity index (χ0v) is 12.2. The standard InChI is InChI=1S/C12H21N3O3S/c1-14-10(8-11(17)15(2)12(14)18)9-13-4-7-19-6-3-5-16/h8,13,16H,3-7,9H2,1-2H3. The van der Waals surface area contributed by atoms with Gasteiger partial charge < -0.3 is 10.4 Å². The first-order valence-corrected chi connectivity index (χ1v) is 7.38. The highest BCUT2D eigenvalue weighted by Gasteiger charge is 2.04. The molecule has 0 aliphatic carbocycles. The summed E-state index contributed by atoms with van der Waals surface area (Å²) in [6.07, 6.45) is 0.813. The Bertz CT molecular complexity index is 510. The van der Waals surface area contributed by atoms with Crippen LogP contribution in [-0.2, 0) is 20.6 Å². The van der Waals surface area contributed by atoms with Crippen LogP contribution in [0.1, 0.15) is 12.1 Å². The van der Waals surface area contributed by atoms with Gasteiger partial charge in [0, 0.05) is 51.3 Å². The van der Waals surface area contributed by atoms with Gasteiger partial charge in [0.25, 0.3) is 5.56 Å². The van der Waals surface area contributed by atoms with E-state index in [4.69, 9.17) is 5.11 Å². The maximum absolute atomic E-state index is 11.7. The fourth-order valence-electron chi connectivity index (χ4n) is 1.58. The number of aromatic nitrogens is 2. The van der Waals surface area contributed by atoms with E-state index in [1.165, 1.54) is 17.7 Å². The largest absolute Gasteiger partial charge is 0.396 e. The van der Waals surface area contributed by atoms with Gasteiger partial charge in [0.2, 0.25) is 0 Å². The summed E-state index contributed by atoms with van der Waals surface area (Å²) in [7, 11) is 3.13. The molecule has 2 N–H and O–H groups in total. The van der Waals surface area contributed by atoms with Gasteiger partial charge in [0.1, 0.15) is 0 Å². The van der Waals surface area contributed by atoms with Crippen LogP contribution in [0.25, 0.3) is 0 Å². The summed E-state index contributed by atoms with van der Waals surface area (Å²) in [5.41, 5.74) is 0.104. The van der Waals surface area contributed by atoms with E-state index in [0.29, 0.717) is 12.2 Å². The molecule has 1 aromatic rings. The first-order chi connectivity index (χ1) is 9.07. The van der Waals surface area contributed by atoms with E-state index in [1.807, 2.05) is 0 Å². The third-order valence-corrected chi connectivity index (χ3v) is 3.87. The Morgan fingerprint density at radius 1 is 1.26 bits per heavy atom. The van der Waals surface area contributed by atoms with Crippen molar-refractivity contribution < 1.29 is 5.11 Å². The second-order valence-electron chi connectivity index (χ2n) is 4.24. The quantitative estimate of drug-likeness (QED) is 0.618. The van der Waals surface area contributed by atoms with Crippen LogP contribution in [-0.4, -0.2) is 38.9 Å². The molecule has 0 aromatic carbocycles. The topological polar surface area (TPSA) is 76.3 Å². The lowest BCUT2D eigenvalue weighted by atomic mass is 10.4. The molecule has 108 valence electrons. The Balaban J connectivity index is 2.42. The van der Waals surface area contributed by atoms with Crippen LogP contribution in [0.2, 0.25) is 0 Å². The van der Waals surface area contributed by atoms with Crippen molar-refractivity contribution in [2.75, 3.05) is 24.7 Å². The zero-order chi connectivity index (χ0) is 14.3. The third-order valence-electron chi connectivity index (χ3n) is 2.80. The monoisotopic (exact) mass is 287 g/mol. The first-order valence-electron chi connectivity index (χ1n) is 6.23. The highest BCUT2D eigenvalue weighted by Crippen LogP contribution is 2.00. The smallest absolute Gasteiger partial charge is 0.330 e. The van der Waals surface area contributed by atoms with Crippen LogP contribution < -0.4 is 16.6 Å². The summed E-state index contributed by atoms with van der Waals surface area (Å²) in [5.74, 6) is 1.89.